The van der Waals surface area contributed by atoms with Gasteiger partial charge in [-0.2, -0.15) is 0 Å². The fraction of sp³-hybridized carbons (Fsp3) is 0.284. The Kier molecular flexibility index (Phi) is 11.6. The molecule has 8 aromatic carbocycles. The molecule has 11 rings (SSSR count). The SMILES string of the molecule is [2H]c1c([2H])c([2H])c(-c2cccc(-c3cc(C(C)(C)C)cc(C(C)(C)C)c3)c2N2CN(c3cccc(Oc4ccc5c6cc(-c7cc(C(C)(C)C)cc(C(C)(C)C)c7)ccc6n(-c6cc(C(C)(C)C)ccn6)c5c4)c3)c3ccccc32)c([2H])c1[2H]. The van der Waals surface area contributed by atoms with E-state index in [0.717, 1.165) is 67.1 Å². The standard InChI is InChI=1S/C74H78N4O/c1-70(2,3)52-35-36-75-68(44-52)78-64-34-31-49(50-37-53(71(4,5)6)42-54(38-50)72(7,8)9)41-63(64)62-33-32-59(46-67(62)78)79-58-26-21-25-57(45-58)76-47-77(66-30-20-19-29-65(66)76)69-60(48-23-17-16-18-24-48)27-22-28-61(69)51-39-55(73(10,11)12)43-56(40-51)74(13,14)15/h16-46H,47H2,1-15H3/i16D,17D,18D,23D,24D. The second kappa shape index (κ2) is 19.5. The summed E-state index contributed by atoms with van der Waals surface area (Å²) < 4.78 is 54.0. The lowest BCUT2D eigenvalue weighted by Gasteiger charge is -2.29. The van der Waals surface area contributed by atoms with E-state index in [-0.39, 0.29) is 56.8 Å². The zero-order chi connectivity index (χ0) is 60.3. The maximum absolute atomic E-state index is 9.31. The van der Waals surface area contributed by atoms with Crippen molar-refractivity contribution in [2.75, 3.05) is 16.5 Å². The Hall–Kier alpha value is -7.89. The normalized spacial score (nSPS) is 14.3. The van der Waals surface area contributed by atoms with Crippen LogP contribution in [0.15, 0.2) is 188 Å². The zero-order valence-electron chi connectivity index (χ0n) is 53.9. The fourth-order valence-electron chi connectivity index (χ4n) is 10.9. The van der Waals surface area contributed by atoms with Gasteiger partial charge in [0.2, 0.25) is 0 Å². The van der Waals surface area contributed by atoms with Crippen molar-refractivity contribution in [1.29, 1.82) is 0 Å². The van der Waals surface area contributed by atoms with Crippen LogP contribution in [0.25, 0.3) is 61.0 Å². The molecule has 3 heterocycles. The van der Waals surface area contributed by atoms with Gasteiger partial charge in [0.15, 0.2) is 0 Å². The average Bonchev–Trinajstić information content (AvgIpc) is 1.65. The van der Waals surface area contributed by atoms with Gasteiger partial charge < -0.3 is 14.5 Å². The number of fused-ring (bicyclic) bond motifs is 4. The van der Waals surface area contributed by atoms with Crippen molar-refractivity contribution >= 4 is 44.6 Å². The van der Waals surface area contributed by atoms with Crippen molar-refractivity contribution in [3.8, 4) is 50.7 Å². The van der Waals surface area contributed by atoms with E-state index in [1.54, 1.807) is 0 Å². The third-order valence-corrected chi connectivity index (χ3v) is 15.7. The molecule has 0 amide bonds. The molecule has 0 bridgehead atoms. The average molecular weight is 1040 g/mol. The predicted molar refractivity (Wildman–Crippen MR) is 337 cm³/mol. The van der Waals surface area contributed by atoms with Gasteiger partial charge >= 0.3 is 0 Å². The van der Waals surface area contributed by atoms with Crippen LogP contribution in [0.2, 0.25) is 0 Å². The lowest BCUT2D eigenvalue weighted by molar-refractivity contribution is 0.483. The highest BCUT2D eigenvalue weighted by molar-refractivity contribution is 6.11. The Balaban J connectivity index is 1.03. The van der Waals surface area contributed by atoms with Gasteiger partial charge in [0.25, 0.3) is 0 Å². The van der Waals surface area contributed by atoms with E-state index in [4.69, 9.17) is 13.8 Å². The number of para-hydroxylation sites is 3. The lowest BCUT2D eigenvalue weighted by Crippen LogP contribution is -2.25. The van der Waals surface area contributed by atoms with E-state index in [9.17, 15) is 2.74 Å². The Bertz CT molecular complexity index is 4160. The molecule has 0 N–H and O–H groups in total. The second-order valence-corrected chi connectivity index (χ2v) is 26.8. The fourth-order valence-corrected chi connectivity index (χ4v) is 10.9. The molecule has 0 unspecified atom stereocenters. The van der Waals surface area contributed by atoms with Crippen molar-refractivity contribution in [1.82, 2.24) is 9.55 Å². The first-order chi connectivity index (χ1) is 39.4. The molecule has 0 saturated heterocycles. The Morgan fingerprint density at radius 1 is 0.418 bits per heavy atom. The van der Waals surface area contributed by atoms with Crippen molar-refractivity contribution < 1.29 is 11.6 Å². The Morgan fingerprint density at radius 3 is 1.58 bits per heavy atom. The number of hydrogen-bond donors (Lipinski definition) is 0. The van der Waals surface area contributed by atoms with E-state index in [1.807, 2.05) is 42.6 Å². The molecule has 0 fully saturated rings. The summed E-state index contributed by atoms with van der Waals surface area (Å²) in [6.45, 7) is 34.1. The van der Waals surface area contributed by atoms with E-state index < -0.39 is 6.04 Å². The van der Waals surface area contributed by atoms with Gasteiger partial charge in [-0.1, -0.05) is 213 Å². The van der Waals surface area contributed by atoms with Crippen LogP contribution in [0.5, 0.6) is 11.5 Å². The summed E-state index contributed by atoms with van der Waals surface area (Å²) in [5.74, 6) is 2.17. The number of benzene rings is 8. The predicted octanol–water partition coefficient (Wildman–Crippen LogP) is 20.7. The minimum Gasteiger partial charge on any atom is -0.457 e. The summed E-state index contributed by atoms with van der Waals surface area (Å²) in [6.07, 6.45) is 1.92. The van der Waals surface area contributed by atoms with Crippen molar-refractivity contribution in [3.63, 3.8) is 0 Å². The third kappa shape index (κ3) is 10.4. The highest BCUT2D eigenvalue weighted by atomic mass is 16.5. The maximum atomic E-state index is 9.31. The molecule has 0 spiro atoms. The molecule has 400 valence electrons. The van der Waals surface area contributed by atoms with Crippen LogP contribution in [0.1, 0.15) is 139 Å². The van der Waals surface area contributed by atoms with E-state index >= 15 is 0 Å². The lowest BCUT2D eigenvalue weighted by atomic mass is 9.78. The summed E-state index contributed by atoms with van der Waals surface area (Å²) in [4.78, 5) is 9.52. The van der Waals surface area contributed by atoms with Gasteiger partial charge in [0.1, 0.15) is 24.0 Å². The number of pyridine rings is 1. The topological polar surface area (TPSA) is 33.5 Å². The van der Waals surface area contributed by atoms with Gasteiger partial charge in [-0.15, -0.1) is 0 Å². The van der Waals surface area contributed by atoms with E-state index in [0.29, 0.717) is 23.7 Å². The molecule has 0 aliphatic carbocycles. The number of rotatable bonds is 8. The first kappa shape index (κ1) is 47.1. The van der Waals surface area contributed by atoms with Crippen LogP contribution < -0.4 is 14.5 Å². The zero-order valence-corrected chi connectivity index (χ0v) is 48.9. The maximum Gasteiger partial charge on any atom is 0.137 e. The highest BCUT2D eigenvalue weighted by Crippen LogP contribution is 2.51. The number of ether oxygens (including phenoxy) is 1. The highest BCUT2D eigenvalue weighted by Gasteiger charge is 2.33. The number of aromatic nitrogens is 2. The third-order valence-electron chi connectivity index (χ3n) is 15.7. The number of nitrogens with zero attached hydrogens (tertiary/aromatic N) is 4. The summed E-state index contributed by atoms with van der Waals surface area (Å²) >= 11 is 0. The van der Waals surface area contributed by atoms with Gasteiger partial charge in [-0.05, 0) is 138 Å². The van der Waals surface area contributed by atoms with Crippen LogP contribution in [-0.2, 0) is 27.1 Å². The molecule has 0 radical (unpaired) electrons. The molecular weight excluding hydrogens is 961 g/mol. The largest absolute Gasteiger partial charge is 0.457 e. The quantitative estimate of drug-likeness (QED) is 0.152. The smallest absolute Gasteiger partial charge is 0.137 e. The number of hydrogen-bond acceptors (Lipinski definition) is 4. The monoisotopic (exact) mass is 1040 g/mol. The molecular formula is C74H78N4O. The van der Waals surface area contributed by atoms with Crippen molar-refractivity contribution in [2.24, 2.45) is 0 Å². The molecule has 79 heavy (non-hydrogen) atoms. The molecule has 5 heteroatoms. The summed E-state index contributed by atoms with van der Waals surface area (Å²) in [5.41, 5.74) is 16.1. The summed E-state index contributed by atoms with van der Waals surface area (Å²) in [6, 6.07) is 52.1. The van der Waals surface area contributed by atoms with Crippen molar-refractivity contribution in [3.05, 3.63) is 216 Å². The van der Waals surface area contributed by atoms with Gasteiger partial charge in [-0.3, -0.25) is 4.57 Å². The Labute approximate surface area is 477 Å². The van der Waals surface area contributed by atoms with E-state index in [1.165, 1.54) is 33.4 Å². The molecule has 1 aliphatic heterocycles. The Morgan fingerprint density at radius 2 is 0.975 bits per heavy atom. The van der Waals surface area contributed by atoms with Gasteiger partial charge in [-0.25, -0.2) is 4.98 Å². The molecule has 0 saturated carbocycles. The van der Waals surface area contributed by atoms with Gasteiger partial charge in [0.05, 0.1) is 34.9 Å². The molecule has 2 aromatic heterocycles. The molecule has 10 aromatic rings. The van der Waals surface area contributed by atoms with Crippen LogP contribution in [-0.4, -0.2) is 16.2 Å². The van der Waals surface area contributed by atoms with Gasteiger partial charge in [0, 0.05) is 45.9 Å². The molecule has 1 aliphatic rings. The molecule has 5 nitrogen and oxygen atoms in total. The minimum absolute atomic E-state index is 0.0255. The first-order valence-corrected chi connectivity index (χ1v) is 27.9. The molecule has 0 atom stereocenters. The van der Waals surface area contributed by atoms with Crippen molar-refractivity contribution in [2.45, 2.75) is 131 Å². The van der Waals surface area contributed by atoms with E-state index in [2.05, 4.69) is 233 Å². The summed E-state index contributed by atoms with van der Waals surface area (Å²) in [7, 11) is 0. The second-order valence-electron chi connectivity index (χ2n) is 26.8. The van der Waals surface area contributed by atoms with Crippen LogP contribution in [0.3, 0.4) is 0 Å². The number of anilines is 4. The van der Waals surface area contributed by atoms with Crippen LogP contribution in [0, 0.1) is 0 Å². The summed E-state index contributed by atoms with van der Waals surface area (Å²) in [5, 5.41) is 2.22. The minimum atomic E-state index is -0.425. The van der Waals surface area contributed by atoms with Crippen LogP contribution in [0.4, 0.5) is 22.7 Å². The van der Waals surface area contributed by atoms with Crippen LogP contribution >= 0.6 is 0 Å². The first-order valence-electron chi connectivity index (χ1n) is 30.4.